The maximum atomic E-state index is 11.7. The Balaban J connectivity index is 2.36. The summed E-state index contributed by atoms with van der Waals surface area (Å²) >= 11 is 0. The van der Waals surface area contributed by atoms with E-state index in [1.54, 1.807) is 0 Å². The molecule has 2 unspecified atom stereocenters. The Morgan fingerprint density at radius 2 is 2.10 bits per heavy atom. The van der Waals surface area contributed by atoms with Crippen LogP contribution in [0.4, 0.5) is 0 Å². The number of primary amides is 1. The Bertz CT molecular complexity index is 304. The van der Waals surface area contributed by atoms with Crippen LogP contribution in [-0.2, 0) is 4.79 Å². The first-order valence-corrected chi connectivity index (χ1v) is 8.21. The van der Waals surface area contributed by atoms with Gasteiger partial charge in [-0.25, -0.2) is 0 Å². The van der Waals surface area contributed by atoms with Gasteiger partial charge < -0.3 is 16.0 Å². The van der Waals surface area contributed by atoms with Crippen molar-refractivity contribution in [3.05, 3.63) is 0 Å². The Morgan fingerprint density at radius 1 is 1.45 bits per heavy atom. The van der Waals surface area contributed by atoms with Gasteiger partial charge in [0, 0.05) is 12.6 Å². The van der Waals surface area contributed by atoms with Gasteiger partial charge in [-0.1, -0.05) is 27.2 Å². The molecule has 1 amide bonds. The van der Waals surface area contributed by atoms with Crippen molar-refractivity contribution in [2.45, 2.75) is 71.4 Å². The molecular formula is C16H33N3O. The Hall–Kier alpha value is -0.610. The number of nitrogens with two attached hydrogens (primary N) is 1. The molecule has 20 heavy (non-hydrogen) atoms. The summed E-state index contributed by atoms with van der Waals surface area (Å²) in [6.45, 7) is 12.0. The molecule has 0 aromatic heterocycles. The van der Waals surface area contributed by atoms with Crippen molar-refractivity contribution in [2.75, 3.05) is 19.6 Å². The van der Waals surface area contributed by atoms with Gasteiger partial charge in [0.15, 0.2) is 0 Å². The van der Waals surface area contributed by atoms with Crippen LogP contribution in [0, 0.1) is 5.92 Å². The number of amides is 1. The lowest BCUT2D eigenvalue weighted by atomic mass is 9.94. The SMILES string of the molecule is CCC(C)CN(CC)CCCC(C)(NC1CC1)C(N)=O. The van der Waals surface area contributed by atoms with Gasteiger partial charge in [0.2, 0.25) is 5.91 Å². The van der Waals surface area contributed by atoms with E-state index >= 15 is 0 Å². The molecule has 0 bridgehead atoms. The second-order valence-electron chi connectivity index (χ2n) is 6.63. The molecule has 1 aliphatic carbocycles. The number of hydrogen-bond acceptors (Lipinski definition) is 3. The van der Waals surface area contributed by atoms with E-state index in [0.29, 0.717) is 6.04 Å². The molecule has 1 saturated carbocycles. The second kappa shape index (κ2) is 7.99. The van der Waals surface area contributed by atoms with E-state index < -0.39 is 5.54 Å². The van der Waals surface area contributed by atoms with Crippen LogP contribution in [0.15, 0.2) is 0 Å². The van der Waals surface area contributed by atoms with Gasteiger partial charge in [-0.15, -0.1) is 0 Å². The van der Waals surface area contributed by atoms with Gasteiger partial charge in [0.1, 0.15) is 0 Å². The molecule has 0 spiro atoms. The van der Waals surface area contributed by atoms with Gasteiger partial charge in [-0.05, 0) is 51.6 Å². The van der Waals surface area contributed by atoms with E-state index in [1.165, 1.54) is 19.3 Å². The van der Waals surface area contributed by atoms with Crippen molar-refractivity contribution in [1.82, 2.24) is 10.2 Å². The second-order valence-corrected chi connectivity index (χ2v) is 6.63. The number of rotatable bonds is 11. The molecule has 0 aliphatic heterocycles. The first kappa shape index (κ1) is 17.4. The van der Waals surface area contributed by atoms with Gasteiger partial charge >= 0.3 is 0 Å². The lowest BCUT2D eigenvalue weighted by molar-refractivity contribution is -0.124. The fraction of sp³-hybridized carbons (Fsp3) is 0.938. The number of nitrogens with zero attached hydrogens (tertiary/aromatic N) is 1. The zero-order valence-electron chi connectivity index (χ0n) is 13.7. The lowest BCUT2D eigenvalue weighted by Gasteiger charge is -2.30. The van der Waals surface area contributed by atoms with Crippen LogP contribution in [0.3, 0.4) is 0 Å². The van der Waals surface area contributed by atoms with Gasteiger partial charge in [0.05, 0.1) is 5.54 Å². The number of carbonyl (C=O) groups is 1. The Kier molecular flexibility index (Phi) is 6.96. The molecule has 0 aromatic carbocycles. The van der Waals surface area contributed by atoms with Crippen molar-refractivity contribution in [1.29, 1.82) is 0 Å². The molecule has 0 aromatic rings. The van der Waals surface area contributed by atoms with E-state index in [9.17, 15) is 4.79 Å². The first-order chi connectivity index (χ1) is 9.41. The topological polar surface area (TPSA) is 58.4 Å². The zero-order valence-corrected chi connectivity index (χ0v) is 13.7. The van der Waals surface area contributed by atoms with Crippen LogP contribution in [0.5, 0.6) is 0 Å². The maximum Gasteiger partial charge on any atom is 0.237 e. The number of hydrogen-bond donors (Lipinski definition) is 2. The van der Waals surface area contributed by atoms with Gasteiger partial charge in [-0.2, -0.15) is 0 Å². The van der Waals surface area contributed by atoms with Crippen LogP contribution in [0.25, 0.3) is 0 Å². The maximum absolute atomic E-state index is 11.7. The molecular weight excluding hydrogens is 250 g/mol. The summed E-state index contributed by atoms with van der Waals surface area (Å²) in [5, 5.41) is 3.42. The van der Waals surface area contributed by atoms with Crippen LogP contribution >= 0.6 is 0 Å². The summed E-state index contributed by atoms with van der Waals surface area (Å²) in [6, 6.07) is 0.509. The standard InChI is InChI=1S/C16H33N3O/c1-5-13(3)12-19(6-2)11-7-10-16(4,15(17)20)18-14-8-9-14/h13-14,18H,5-12H2,1-4H3,(H2,17,20). The largest absolute Gasteiger partial charge is 0.368 e. The predicted molar refractivity (Wildman–Crippen MR) is 84.6 cm³/mol. The fourth-order valence-electron chi connectivity index (χ4n) is 2.55. The molecule has 1 fully saturated rings. The fourth-order valence-corrected chi connectivity index (χ4v) is 2.55. The van der Waals surface area contributed by atoms with Crippen molar-refractivity contribution in [2.24, 2.45) is 11.7 Å². The average Bonchev–Trinajstić information content (AvgIpc) is 3.20. The minimum absolute atomic E-state index is 0.214. The molecule has 118 valence electrons. The van der Waals surface area contributed by atoms with Crippen molar-refractivity contribution < 1.29 is 4.79 Å². The van der Waals surface area contributed by atoms with Crippen molar-refractivity contribution >= 4 is 5.91 Å². The van der Waals surface area contributed by atoms with E-state index in [-0.39, 0.29) is 5.91 Å². The number of nitrogens with one attached hydrogen (secondary N) is 1. The third kappa shape index (κ3) is 5.80. The molecule has 3 N–H and O–H groups in total. The Labute approximate surface area is 124 Å². The van der Waals surface area contributed by atoms with Crippen LogP contribution in [0.2, 0.25) is 0 Å². The third-order valence-electron chi connectivity index (χ3n) is 4.51. The summed E-state index contributed by atoms with van der Waals surface area (Å²) in [5.41, 5.74) is 5.05. The van der Waals surface area contributed by atoms with Crippen molar-refractivity contribution in [3.63, 3.8) is 0 Å². The molecule has 0 heterocycles. The van der Waals surface area contributed by atoms with E-state index in [4.69, 9.17) is 5.73 Å². The summed E-state index contributed by atoms with van der Waals surface area (Å²) < 4.78 is 0. The quantitative estimate of drug-likeness (QED) is 0.611. The highest BCUT2D eigenvalue weighted by Gasteiger charge is 2.36. The van der Waals surface area contributed by atoms with Gasteiger partial charge in [-0.3, -0.25) is 4.79 Å². The van der Waals surface area contributed by atoms with Crippen LogP contribution < -0.4 is 11.1 Å². The van der Waals surface area contributed by atoms with Crippen molar-refractivity contribution in [3.8, 4) is 0 Å². The Morgan fingerprint density at radius 3 is 2.55 bits per heavy atom. The predicted octanol–water partition coefficient (Wildman–Crippen LogP) is 2.13. The highest BCUT2D eigenvalue weighted by atomic mass is 16.1. The molecule has 0 radical (unpaired) electrons. The molecule has 0 saturated heterocycles. The van der Waals surface area contributed by atoms with Gasteiger partial charge in [0.25, 0.3) is 0 Å². The molecule has 1 rings (SSSR count). The summed E-state index contributed by atoms with van der Waals surface area (Å²) in [4.78, 5) is 14.2. The number of carbonyl (C=O) groups excluding carboxylic acids is 1. The summed E-state index contributed by atoms with van der Waals surface area (Å²) in [6.07, 6.45) is 5.42. The average molecular weight is 283 g/mol. The minimum atomic E-state index is -0.531. The summed E-state index contributed by atoms with van der Waals surface area (Å²) in [5.74, 6) is 0.524. The van der Waals surface area contributed by atoms with E-state index in [2.05, 4.69) is 31.0 Å². The molecule has 1 aliphatic rings. The van der Waals surface area contributed by atoms with E-state index in [1.807, 2.05) is 6.92 Å². The molecule has 2 atom stereocenters. The van der Waals surface area contributed by atoms with Crippen LogP contribution in [0.1, 0.15) is 59.8 Å². The highest BCUT2D eigenvalue weighted by molar-refractivity contribution is 5.84. The zero-order chi connectivity index (χ0) is 15.2. The highest BCUT2D eigenvalue weighted by Crippen LogP contribution is 2.24. The van der Waals surface area contributed by atoms with Crippen LogP contribution in [-0.4, -0.2) is 42.0 Å². The molecule has 4 heteroatoms. The minimum Gasteiger partial charge on any atom is -0.368 e. The monoisotopic (exact) mass is 283 g/mol. The first-order valence-electron chi connectivity index (χ1n) is 8.21. The van der Waals surface area contributed by atoms with E-state index in [0.717, 1.165) is 38.4 Å². The lowest BCUT2D eigenvalue weighted by Crippen LogP contribution is -2.54. The smallest absolute Gasteiger partial charge is 0.237 e. The third-order valence-corrected chi connectivity index (χ3v) is 4.51. The summed E-state index contributed by atoms with van der Waals surface area (Å²) in [7, 11) is 0. The normalized spacial score (nSPS) is 19.9. The molecule has 4 nitrogen and oxygen atoms in total.